The van der Waals surface area contributed by atoms with Crippen molar-refractivity contribution in [3.8, 4) is 0 Å². The molecule has 4 rings (SSSR count). The van der Waals surface area contributed by atoms with Crippen molar-refractivity contribution >= 4 is 17.6 Å². The standard InChI is InChI=1S/C26H29NO4/c1-17-7-5-6-8-19(17)16-23-21-10-9-20(15-22(21)24(28)30-23)18-11-13-27(14-12-18)25(29)31-26(2,3)4/h5-11,15,23H,12-14,16H2,1-4H3. The molecule has 1 atom stereocenters. The fraction of sp³-hybridized carbons (Fsp3) is 0.385. The summed E-state index contributed by atoms with van der Waals surface area (Å²) >= 11 is 0. The molecule has 2 aromatic carbocycles. The number of carbonyl (C=O) groups excluding carboxylic acids is 2. The van der Waals surface area contributed by atoms with E-state index in [4.69, 9.17) is 9.47 Å². The number of cyclic esters (lactones) is 1. The third kappa shape index (κ3) is 4.66. The molecule has 0 spiro atoms. The van der Waals surface area contributed by atoms with E-state index >= 15 is 0 Å². The highest BCUT2D eigenvalue weighted by atomic mass is 16.6. The molecule has 0 saturated carbocycles. The van der Waals surface area contributed by atoms with Crippen LogP contribution in [-0.4, -0.2) is 35.7 Å². The van der Waals surface area contributed by atoms with Gasteiger partial charge in [0, 0.05) is 25.1 Å². The summed E-state index contributed by atoms with van der Waals surface area (Å²) in [5, 5.41) is 0. The second-order valence-corrected chi connectivity index (χ2v) is 9.23. The van der Waals surface area contributed by atoms with E-state index in [0.29, 0.717) is 25.1 Å². The smallest absolute Gasteiger partial charge is 0.410 e. The number of ether oxygens (including phenoxy) is 2. The molecule has 5 nitrogen and oxygen atoms in total. The fourth-order valence-electron chi connectivity index (χ4n) is 4.08. The number of esters is 1. The van der Waals surface area contributed by atoms with Crippen LogP contribution < -0.4 is 0 Å². The second kappa shape index (κ2) is 8.22. The molecule has 0 fully saturated rings. The highest BCUT2D eigenvalue weighted by Gasteiger charge is 2.32. The van der Waals surface area contributed by atoms with Gasteiger partial charge in [-0.1, -0.05) is 42.5 Å². The molecular formula is C26H29NO4. The molecule has 31 heavy (non-hydrogen) atoms. The highest BCUT2D eigenvalue weighted by Crippen LogP contribution is 2.36. The van der Waals surface area contributed by atoms with E-state index in [1.54, 1.807) is 4.90 Å². The van der Waals surface area contributed by atoms with Gasteiger partial charge in [0.15, 0.2) is 0 Å². The van der Waals surface area contributed by atoms with E-state index < -0.39 is 5.60 Å². The molecule has 5 heteroatoms. The van der Waals surface area contributed by atoms with Crippen molar-refractivity contribution in [1.29, 1.82) is 0 Å². The maximum atomic E-state index is 12.5. The third-order valence-corrected chi connectivity index (χ3v) is 5.77. The molecule has 0 aliphatic carbocycles. The van der Waals surface area contributed by atoms with Gasteiger partial charge in [-0.3, -0.25) is 0 Å². The van der Waals surface area contributed by atoms with Crippen molar-refractivity contribution in [2.24, 2.45) is 0 Å². The summed E-state index contributed by atoms with van der Waals surface area (Å²) in [7, 11) is 0. The molecule has 2 heterocycles. The lowest BCUT2D eigenvalue weighted by Gasteiger charge is -2.29. The Kier molecular flexibility index (Phi) is 5.61. The number of hydrogen-bond acceptors (Lipinski definition) is 4. The van der Waals surface area contributed by atoms with Crippen molar-refractivity contribution in [2.45, 2.75) is 52.2 Å². The van der Waals surface area contributed by atoms with E-state index in [1.165, 1.54) is 11.1 Å². The minimum absolute atomic E-state index is 0.249. The number of carbonyl (C=O) groups is 2. The summed E-state index contributed by atoms with van der Waals surface area (Å²) in [6.07, 6.45) is 2.90. The Morgan fingerprint density at radius 3 is 2.65 bits per heavy atom. The summed E-state index contributed by atoms with van der Waals surface area (Å²) < 4.78 is 11.2. The highest BCUT2D eigenvalue weighted by molar-refractivity contribution is 5.95. The lowest BCUT2D eigenvalue weighted by molar-refractivity contribution is 0.0270. The SMILES string of the molecule is Cc1ccccc1CC1OC(=O)c2cc(C3=CCN(C(=O)OC(C)(C)C)CC3)ccc21. The van der Waals surface area contributed by atoms with Crippen LogP contribution in [0, 0.1) is 6.92 Å². The fourth-order valence-corrected chi connectivity index (χ4v) is 4.08. The van der Waals surface area contributed by atoms with Gasteiger partial charge < -0.3 is 14.4 Å². The van der Waals surface area contributed by atoms with Crippen molar-refractivity contribution in [1.82, 2.24) is 4.90 Å². The first-order valence-electron chi connectivity index (χ1n) is 10.8. The number of nitrogens with zero attached hydrogens (tertiary/aromatic N) is 1. The van der Waals surface area contributed by atoms with Gasteiger partial charge in [0.2, 0.25) is 0 Å². The molecule has 0 radical (unpaired) electrons. The monoisotopic (exact) mass is 419 g/mol. The van der Waals surface area contributed by atoms with E-state index in [0.717, 1.165) is 23.1 Å². The van der Waals surface area contributed by atoms with E-state index in [-0.39, 0.29) is 18.2 Å². The molecule has 0 aromatic heterocycles. The summed E-state index contributed by atoms with van der Waals surface area (Å²) in [6, 6.07) is 14.2. The molecule has 0 saturated heterocycles. The van der Waals surface area contributed by atoms with Crippen molar-refractivity contribution < 1.29 is 19.1 Å². The molecule has 0 bridgehead atoms. The van der Waals surface area contributed by atoms with Gasteiger partial charge in [0.05, 0.1) is 5.56 Å². The zero-order chi connectivity index (χ0) is 22.2. The normalized spacial score (nSPS) is 18.3. The summed E-state index contributed by atoms with van der Waals surface area (Å²) in [6.45, 7) is 8.77. The number of hydrogen-bond donors (Lipinski definition) is 0. The predicted molar refractivity (Wildman–Crippen MR) is 120 cm³/mol. The third-order valence-electron chi connectivity index (χ3n) is 5.77. The molecule has 2 aliphatic rings. The topological polar surface area (TPSA) is 55.8 Å². The predicted octanol–water partition coefficient (Wildman–Crippen LogP) is 5.47. The summed E-state index contributed by atoms with van der Waals surface area (Å²) in [4.78, 5) is 26.5. The Balaban J connectivity index is 1.49. The first-order chi connectivity index (χ1) is 14.7. The summed E-state index contributed by atoms with van der Waals surface area (Å²) in [5.41, 5.74) is 5.63. The minimum atomic E-state index is -0.504. The van der Waals surface area contributed by atoms with E-state index in [2.05, 4.69) is 25.1 Å². The Hall–Kier alpha value is -3.08. The largest absolute Gasteiger partial charge is 0.454 e. The first-order valence-corrected chi connectivity index (χ1v) is 10.8. The van der Waals surface area contributed by atoms with Crippen LogP contribution in [0.1, 0.15) is 65.9 Å². The molecule has 162 valence electrons. The lowest BCUT2D eigenvalue weighted by Crippen LogP contribution is -2.39. The summed E-state index contributed by atoms with van der Waals surface area (Å²) in [5.74, 6) is -0.262. The Bertz CT molecular complexity index is 1050. The van der Waals surface area contributed by atoms with Crippen LogP contribution in [0.3, 0.4) is 0 Å². The molecule has 2 aliphatic heterocycles. The number of benzene rings is 2. The van der Waals surface area contributed by atoms with Crippen LogP contribution in [0.25, 0.3) is 5.57 Å². The number of amides is 1. The molecular weight excluding hydrogens is 390 g/mol. The van der Waals surface area contributed by atoms with Crippen LogP contribution in [0.2, 0.25) is 0 Å². The Morgan fingerprint density at radius 2 is 1.97 bits per heavy atom. The Morgan fingerprint density at radius 1 is 1.19 bits per heavy atom. The van der Waals surface area contributed by atoms with Crippen molar-refractivity contribution in [3.05, 3.63) is 76.4 Å². The van der Waals surface area contributed by atoms with E-state index in [1.807, 2.05) is 51.1 Å². The molecule has 1 unspecified atom stereocenters. The minimum Gasteiger partial charge on any atom is -0.454 e. The lowest BCUT2D eigenvalue weighted by atomic mass is 9.92. The number of fused-ring (bicyclic) bond motifs is 1. The first kappa shape index (κ1) is 21.2. The number of rotatable bonds is 3. The average molecular weight is 420 g/mol. The average Bonchev–Trinajstić information content (AvgIpc) is 3.03. The molecule has 0 N–H and O–H groups in total. The molecule has 1 amide bonds. The van der Waals surface area contributed by atoms with Crippen LogP contribution in [0.15, 0.2) is 48.5 Å². The molecule has 2 aromatic rings. The van der Waals surface area contributed by atoms with E-state index in [9.17, 15) is 9.59 Å². The van der Waals surface area contributed by atoms with Gasteiger partial charge in [0.1, 0.15) is 11.7 Å². The maximum Gasteiger partial charge on any atom is 0.410 e. The van der Waals surface area contributed by atoms with Gasteiger partial charge in [0.25, 0.3) is 0 Å². The van der Waals surface area contributed by atoms with Crippen molar-refractivity contribution in [3.63, 3.8) is 0 Å². The van der Waals surface area contributed by atoms with Crippen LogP contribution in [-0.2, 0) is 15.9 Å². The van der Waals surface area contributed by atoms with Crippen LogP contribution in [0.4, 0.5) is 4.79 Å². The zero-order valence-corrected chi connectivity index (χ0v) is 18.6. The van der Waals surface area contributed by atoms with Crippen molar-refractivity contribution in [2.75, 3.05) is 13.1 Å². The second-order valence-electron chi connectivity index (χ2n) is 9.23. The number of aryl methyl sites for hydroxylation is 1. The maximum absolute atomic E-state index is 12.5. The Labute approximate surface area is 183 Å². The van der Waals surface area contributed by atoms with Crippen LogP contribution >= 0.6 is 0 Å². The van der Waals surface area contributed by atoms with Gasteiger partial charge in [-0.2, -0.15) is 0 Å². The van der Waals surface area contributed by atoms with Crippen LogP contribution in [0.5, 0.6) is 0 Å². The zero-order valence-electron chi connectivity index (χ0n) is 18.6. The van der Waals surface area contributed by atoms with Gasteiger partial charge in [-0.05, 0) is 62.4 Å². The van der Waals surface area contributed by atoms with Gasteiger partial charge >= 0.3 is 12.1 Å². The van der Waals surface area contributed by atoms with Gasteiger partial charge in [-0.25, -0.2) is 9.59 Å². The van der Waals surface area contributed by atoms with Gasteiger partial charge in [-0.15, -0.1) is 0 Å². The quantitative estimate of drug-likeness (QED) is 0.619.